The Morgan fingerprint density at radius 1 is 1.15 bits per heavy atom. The van der Waals surface area contributed by atoms with Crippen LogP contribution in [-0.2, 0) is 11.2 Å². The van der Waals surface area contributed by atoms with E-state index < -0.39 is 0 Å². The summed E-state index contributed by atoms with van der Waals surface area (Å²) in [6, 6.07) is 14.5. The minimum Gasteiger partial charge on any atom is -0.497 e. The number of likely N-dealkylation sites (tertiary alicyclic amines) is 1. The van der Waals surface area contributed by atoms with Crippen LogP contribution >= 0.6 is 11.3 Å². The summed E-state index contributed by atoms with van der Waals surface area (Å²) in [6.07, 6.45) is 4.49. The van der Waals surface area contributed by atoms with Gasteiger partial charge in [0.25, 0.3) is 0 Å². The summed E-state index contributed by atoms with van der Waals surface area (Å²) in [5, 5.41) is 2.23. The van der Waals surface area contributed by atoms with Crippen molar-refractivity contribution in [2.45, 2.75) is 39.0 Å². The topological polar surface area (TPSA) is 58.2 Å². The predicted molar refractivity (Wildman–Crippen MR) is 134 cm³/mol. The van der Waals surface area contributed by atoms with Crippen LogP contribution in [0.15, 0.2) is 48.7 Å². The Labute approximate surface area is 198 Å². The van der Waals surface area contributed by atoms with Gasteiger partial charge in [0.05, 0.1) is 24.2 Å². The maximum atomic E-state index is 13.2. The van der Waals surface area contributed by atoms with E-state index in [1.165, 1.54) is 16.5 Å². The molecule has 0 radical (unpaired) electrons. The number of methoxy groups -OCH3 is 1. The monoisotopic (exact) mass is 459 g/mol. The Balaban J connectivity index is 1.27. The van der Waals surface area contributed by atoms with Crippen LogP contribution in [0, 0.1) is 13.8 Å². The molecule has 5 nitrogen and oxygen atoms in total. The molecule has 2 aromatic heterocycles. The molecule has 0 bridgehead atoms. The Bertz CT molecular complexity index is 1280. The maximum Gasteiger partial charge on any atom is 0.227 e. The third-order valence-electron chi connectivity index (χ3n) is 6.65. The Morgan fingerprint density at radius 2 is 1.91 bits per heavy atom. The van der Waals surface area contributed by atoms with Crippen LogP contribution < -0.4 is 4.74 Å². The first-order valence-electron chi connectivity index (χ1n) is 11.5. The van der Waals surface area contributed by atoms with E-state index in [4.69, 9.17) is 9.72 Å². The standard InChI is InChI=1S/C27H29N3O2S/c1-17-4-6-20(7-5-17)27-25(33-18(2)29-27)15-26(31)30-12-10-19(11-13-30)23-16-28-24-9-8-21(32-3)14-22(23)24/h4-9,14,16,19,28H,10-13,15H2,1-3H3. The molecule has 0 saturated carbocycles. The van der Waals surface area contributed by atoms with Gasteiger partial charge in [-0.2, -0.15) is 0 Å². The van der Waals surface area contributed by atoms with Gasteiger partial charge in [-0.25, -0.2) is 4.98 Å². The number of nitrogens with zero attached hydrogens (tertiary/aromatic N) is 2. The quantitative estimate of drug-likeness (QED) is 0.406. The molecular weight excluding hydrogens is 430 g/mol. The number of hydrogen-bond donors (Lipinski definition) is 1. The number of ether oxygens (including phenoxy) is 1. The summed E-state index contributed by atoms with van der Waals surface area (Å²) in [7, 11) is 1.70. The molecule has 5 rings (SSSR count). The first-order chi connectivity index (χ1) is 16.0. The van der Waals surface area contributed by atoms with Crippen LogP contribution in [0.2, 0.25) is 0 Å². The fraction of sp³-hybridized carbons (Fsp3) is 0.333. The van der Waals surface area contributed by atoms with Crippen molar-refractivity contribution in [3.63, 3.8) is 0 Å². The number of aryl methyl sites for hydroxylation is 2. The number of aromatic nitrogens is 2. The molecule has 0 spiro atoms. The normalized spacial score (nSPS) is 14.7. The van der Waals surface area contributed by atoms with Gasteiger partial charge in [-0.15, -0.1) is 11.3 Å². The number of hydrogen-bond acceptors (Lipinski definition) is 4. The van der Waals surface area contributed by atoms with Crippen molar-refractivity contribution in [3.8, 4) is 17.0 Å². The van der Waals surface area contributed by atoms with Crippen LogP contribution in [0.25, 0.3) is 22.2 Å². The molecule has 1 amide bonds. The summed E-state index contributed by atoms with van der Waals surface area (Å²) in [5.41, 5.74) is 5.72. The van der Waals surface area contributed by atoms with Crippen LogP contribution in [0.1, 0.15) is 39.8 Å². The van der Waals surface area contributed by atoms with E-state index in [1.54, 1.807) is 18.4 Å². The molecule has 2 aromatic carbocycles. The summed E-state index contributed by atoms with van der Waals surface area (Å²) in [4.78, 5) is 24.4. The zero-order chi connectivity index (χ0) is 22.9. The van der Waals surface area contributed by atoms with Gasteiger partial charge in [-0.05, 0) is 56.4 Å². The van der Waals surface area contributed by atoms with Gasteiger partial charge in [0.1, 0.15) is 5.75 Å². The summed E-state index contributed by atoms with van der Waals surface area (Å²) in [6.45, 7) is 5.67. The number of piperidine rings is 1. The van der Waals surface area contributed by atoms with E-state index >= 15 is 0 Å². The van der Waals surface area contributed by atoms with Crippen molar-refractivity contribution in [3.05, 3.63) is 69.7 Å². The Morgan fingerprint density at radius 3 is 2.64 bits per heavy atom. The van der Waals surface area contributed by atoms with E-state index in [0.717, 1.165) is 58.3 Å². The van der Waals surface area contributed by atoms with Crippen LogP contribution in [0.3, 0.4) is 0 Å². The van der Waals surface area contributed by atoms with Gasteiger partial charge in [0, 0.05) is 40.6 Å². The molecular formula is C27H29N3O2S. The lowest BCUT2D eigenvalue weighted by Gasteiger charge is -2.32. The van der Waals surface area contributed by atoms with Gasteiger partial charge in [0.2, 0.25) is 5.91 Å². The predicted octanol–water partition coefficient (Wildman–Crippen LogP) is 5.87. The number of thiazole rings is 1. The number of rotatable bonds is 5. The second-order valence-electron chi connectivity index (χ2n) is 8.86. The fourth-order valence-electron chi connectivity index (χ4n) is 4.80. The highest BCUT2D eigenvalue weighted by atomic mass is 32.1. The molecule has 33 heavy (non-hydrogen) atoms. The molecule has 0 atom stereocenters. The minimum atomic E-state index is 0.200. The van der Waals surface area contributed by atoms with E-state index in [2.05, 4.69) is 54.5 Å². The summed E-state index contributed by atoms with van der Waals surface area (Å²) >= 11 is 1.63. The van der Waals surface area contributed by atoms with Crippen molar-refractivity contribution < 1.29 is 9.53 Å². The number of carbonyl (C=O) groups is 1. The molecule has 3 heterocycles. The third kappa shape index (κ3) is 4.40. The molecule has 6 heteroatoms. The second-order valence-corrected chi connectivity index (χ2v) is 10.1. The van der Waals surface area contributed by atoms with Gasteiger partial charge in [-0.1, -0.05) is 29.8 Å². The number of fused-ring (bicyclic) bond motifs is 1. The molecule has 1 aliphatic heterocycles. The summed E-state index contributed by atoms with van der Waals surface area (Å²) in [5.74, 6) is 1.52. The van der Waals surface area contributed by atoms with Crippen molar-refractivity contribution in [1.82, 2.24) is 14.9 Å². The molecule has 4 aromatic rings. The number of nitrogens with one attached hydrogen (secondary N) is 1. The molecule has 1 fully saturated rings. The number of benzene rings is 2. The van der Waals surface area contributed by atoms with E-state index in [1.807, 2.05) is 17.9 Å². The molecule has 1 N–H and O–H groups in total. The number of amides is 1. The molecule has 0 unspecified atom stereocenters. The Hall–Kier alpha value is -3.12. The minimum absolute atomic E-state index is 0.200. The van der Waals surface area contributed by atoms with Crippen LogP contribution in [0.5, 0.6) is 5.75 Å². The van der Waals surface area contributed by atoms with E-state index in [9.17, 15) is 4.79 Å². The lowest BCUT2D eigenvalue weighted by Crippen LogP contribution is -2.38. The SMILES string of the molecule is COc1ccc2[nH]cc(C3CCN(C(=O)Cc4sc(C)nc4-c4ccc(C)cc4)CC3)c2c1. The third-order valence-corrected chi connectivity index (χ3v) is 7.62. The van der Waals surface area contributed by atoms with Gasteiger partial charge < -0.3 is 14.6 Å². The van der Waals surface area contributed by atoms with Crippen molar-refractivity contribution >= 4 is 28.1 Å². The maximum absolute atomic E-state index is 13.2. The smallest absolute Gasteiger partial charge is 0.227 e. The highest BCUT2D eigenvalue weighted by molar-refractivity contribution is 7.12. The summed E-state index contributed by atoms with van der Waals surface area (Å²) < 4.78 is 5.42. The van der Waals surface area contributed by atoms with Crippen LogP contribution in [0.4, 0.5) is 0 Å². The first kappa shape index (κ1) is 21.7. The highest BCUT2D eigenvalue weighted by Crippen LogP contribution is 2.35. The average molecular weight is 460 g/mol. The van der Waals surface area contributed by atoms with Crippen LogP contribution in [-0.4, -0.2) is 41.0 Å². The van der Waals surface area contributed by atoms with Crippen molar-refractivity contribution in [2.75, 3.05) is 20.2 Å². The van der Waals surface area contributed by atoms with Crippen molar-refractivity contribution in [1.29, 1.82) is 0 Å². The van der Waals surface area contributed by atoms with E-state index in [-0.39, 0.29) is 5.91 Å². The molecule has 170 valence electrons. The number of carbonyl (C=O) groups excluding carboxylic acids is 1. The number of aromatic amines is 1. The van der Waals surface area contributed by atoms with Gasteiger partial charge >= 0.3 is 0 Å². The first-order valence-corrected chi connectivity index (χ1v) is 12.3. The lowest BCUT2D eigenvalue weighted by atomic mass is 9.89. The fourth-order valence-corrected chi connectivity index (χ4v) is 5.75. The molecule has 1 saturated heterocycles. The van der Waals surface area contributed by atoms with Crippen molar-refractivity contribution in [2.24, 2.45) is 0 Å². The largest absolute Gasteiger partial charge is 0.497 e. The molecule has 0 aliphatic carbocycles. The number of H-pyrrole nitrogens is 1. The zero-order valence-electron chi connectivity index (χ0n) is 19.4. The second kappa shape index (κ2) is 9.02. The molecule has 1 aliphatic rings. The van der Waals surface area contributed by atoms with Gasteiger partial charge in [-0.3, -0.25) is 4.79 Å². The zero-order valence-corrected chi connectivity index (χ0v) is 20.2. The Kier molecular flexibility index (Phi) is 5.94. The average Bonchev–Trinajstić information content (AvgIpc) is 3.42. The lowest BCUT2D eigenvalue weighted by molar-refractivity contribution is -0.131. The highest BCUT2D eigenvalue weighted by Gasteiger charge is 2.26. The van der Waals surface area contributed by atoms with E-state index in [0.29, 0.717) is 12.3 Å². The van der Waals surface area contributed by atoms with Gasteiger partial charge in [0.15, 0.2) is 0 Å².